The van der Waals surface area contributed by atoms with E-state index in [4.69, 9.17) is 0 Å². The average molecular weight is 278 g/mol. The molecule has 1 heterocycles. The van der Waals surface area contributed by atoms with Crippen molar-refractivity contribution < 1.29 is 5.11 Å². The molecule has 3 heteroatoms. The fraction of sp³-hybridized carbons (Fsp3) is 0.222. The molecule has 0 fully saturated rings. The van der Waals surface area contributed by atoms with E-state index in [0.717, 1.165) is 29.4 Å². The molecule has 0 aliphatic rings. The Morgan fingerprint density at radius 1 is 1.00 bits per heavy atom. The summed E-state index contributed by atoms with van der Waals surface area (Å²) in [7, 11) is 0. The lowest BCUT2D eigenvalue weighted by Crippen LogP contribution is -2.03. The Kier molecular flexibility index (Phi) is 3.93. The van der Waals surface area contributed by atoms with Gasteiger partial charge in [0, 0.05) is 0 Å². The lowest BCUT2D eigenvalue weighted by molar-refractivity contribution is 0.215. The zero-order valence-electron chi connectivity index (χ0n) is 12.0. The summed E-state index contributed by atoms with van der Waals surface area (Å²) >= 11 is 0. The fourth-order valence-electron chi connectivity index (χ4n) is 2.43. The molecule has 1 aromatic heterocycles. The van der Waals surface area contributed by atoms with Crippen molar-refractivity contribution in [2.24, 2.45) is 0 Å². The summed E-state index contributed by atoms with van der Waals surface area (Å²) in [5.41, 5.74) is 4.36. The van der Waals surface area contributed by atoms with E-state index in [1.54, 1.807) is 6.20 Å². The number of hydrogen-bond donors (Lipinski definition) is 1. The molecule has 3 nitrogen and oxygen atoms in total. The number of aliphatic hydroxyl groups is 1. The van der Waals surface area contributed by atoms with E-state index in [0.29, 0.717) is 5.69 Å². The fourth-order valence-corrected chi connectivity index (χ4v) is 2.43. The van der Waals surface area contributed by atoms with Gasteiger partial charge in [-0.2, -0.15) is 0 Å². The molecular formula is C18H18N2O. The molecule has 0 bridgehead atoms. The third kappa shape index (κ3) is 2.93. The largest absolute Gasteiger partial charge is 0.382 e. The molecule has 0 aliphatic carbocycles. The molecule has 0 amide bonds. The number of fused-ring (bicyclic) bond motifs is 1. The molecule has 2 aromatic carbocycles. The molecule has 0 radical (unpaired) electrons. The molecule has 0 saturated carbocycles. The van der Waals surface area contributed by atoms with Crippen LogP contribution in [0.3, 0.4) is 0 Å². The Morgan fingerprint density at radius 2 is 1.71 bits per heavy atom. The average Bonchev–Trinajstić information content (AvgIpc) is 2.55. The first-order valence-corrected chi connectivity index (χ1v) is 7.26. The number of aromatic nitrogens is 2. The third-order valence-electron chi connectivity index (χ3n) is 3.58. The van der Waals surface area contributed by atoms with E-state index in [1.165, 1.54) is 5.56 Å². The quantitative estimate of drug-likeness (QED) is 0.792. The van der Waals surface area contributed by atoms with Gasteiger partial charge in [0.05, 0.1) is 22.9 Å². The molecule has 3 rings (SSSR count). The summed E-state index contributed by atoms with van der Waals surface area (Å²) in [4.78, 5) is 8.85. The predicted molar refractivity (Wildman–Crippen MR) is 84.0 cm³/mol. The van der Waals surface area contributed by atoms with Crippen molar-refractivity contribution in [1.82, 2.24) is 9.97 Å². The van der Waals surface area contributed by atoms with Crippen LogP contribution in [0, 0.1) is 0 Å². The summed E-state index contributed by atoms with van der Waals surface area (Å²) in [6.07, 6.45) is 3.09. The van der Waals surface area contributed by atoms with Gasteiger partial charge in [-0.3, -0.25) is 4.98 Å². The predicted octanol–water partition coefficient (Wildman–Crippen LogP) is 3.66. The van der Waals surface area contributed by atoms with Crippen LogP contribution in [-0.4, -0.2) is 15.1 Å². The topological polar surface area (TPSA) is 46.0 Å². The number of nitrogens with zero attached hydrogens (tertiary/aromatic N) is 2. The molecule has 0 spiro atoms. The van der Waals surface area contributed by atoms with Gasteiger partial charge in [0.15, 0.2) is 0 Å². The van der Waals surface area contributed by atoms with E-state index in [-0.39, 0.29) is 0 Å². The van der Waals surface area contributed by atoms with Crippen LogP contribution in [0.4, 0.5) is 0 Å². The summed E-state index contributed by atoms with van der Waals surface area (Å²) in [5.74, 6) is 0. The van der Waals surface area contributed by atoms with Crippen LogP contribution < -0.4 is 0 Å². The van der Waals surface area contributed by atoms with Crippen LogP contribution in [0.5, 0.6) is 0 Å². The Morgan fingerprint density at radius 3 is 2.43 bits per heavy atom. The van der Waals surface area contributed by atoms with Crippen molar-refractivity contribution in [3.8, 4) is 0 Å². The second-order valence-electron chi connectivity index (χ2n) is 5.18. The van der Waals surface area contributed by atoms with Crippen molar-refractivity contribution in [2.45, 2.75) is 25.9 Å². The standard InChI is InChI=1S/C18H18N2O/c1-2-5-13-8-10-14(11-9-13)18(21)17-12-19-15-6-3-4-7-16(15)20-17/h3-4,6-12,18,21H,2,5H2,1H3. The first-order valence-electron chi connectivity index (χ1n) is 7.26. The molecule has 21 heavy (non-hydrogen) atoms. The Labute approximate surface area is 124 Å². The lowest BCUT2D eigenvalue weighted by Gasteiger charge is -2.11. The minimum Gasteiger partial charge on any atom is -0.382 e. The van der Waals surface area contributed by atoms with Crippen LogP contribution in [0.2, 0.25) is 0 Å². The second-order valence-corrected chi connectivity index (χ2v) is 5.18. The van der Waals surface area contributed by atoms with Crippen LogP contribution in [0.25, 0.3) is 11.0 Å². The van der Waals surface area contributed by atoms with E-state index in [9.17, 15) is 5.11 Å². The highest BCUT2D eigenvalue weighted by atomic mass is 16.3. The second kappa shape index (κ2) is 6.02. The zero-order chi connectivity index (χ0) is 14.7. The minimum absolute atomic E-state index is 0.581. The van der Waals surface area contributed by atoms with Gasteiger partial charge in [-0.1, -0.05) is 49.7 Å². The molecule has 1 atom stereocenters. The Hall–Kier alpha value is -2.26. The van der Waals surface area contributed by atoms with Crippen LogP contribution >= 0.6 is 0 Å². The molecule has 0 aliphatic heterocycles. The van der Waals surface area contributed by atoms with E-state index >= 15 is 0 Å². The first-order chi connectivity index (χ1) is 10.3. The van der Waals surface area contributed by atoms with Gasteiger partial charge in [0.1, 0.15) is 6.10 Å². The highest BCUT2D eigenvalue weighted by molar-refractivity contribution is 5.73. The smallest absolute Gasteiger partial charge is 0.123 e. The van der Waals surface area contributed by atoms with Gasteiger partial charge in [0.25, 0.3) is 0 Å². The van der Waals surface area contributed by atoms with Crippen molar-refractivity contribution in [1.29, 1.82) is 0 Å². The molecular weight excluding hydrogens is 260 g/mol. The molecule has 1 N–H and O–H groups in total. The van der Waals surface area contributed by atoms with Crippen LogP contribution in [0.1, 0.15) is 36.3 Å². The van der Waals surface area contributed by atoms with Gasteiger partial charge in [0.2, 0.25) is 0 Å². The zero-order valence-corrected chi connectivity index (χ0v) is 12.0. The summed E-state index contributed by atoms with van der Waals surface area (Å²) in [5, 5.41) is 10.5. The molecule has 1 unspecified atom stereocenters. The first kappa shape index (κ1) is 13.7. The monoisotopic (exact) mass is 278 g/mol. The number of aryl methyl sites for hydroxylation is 1. The van der Waals surface area contributed by atoms with Gasteiger partial charge < -0.3 is 5.11 Å². The van der Waals surface area contributed by atoms with Crippen molar-refractivity contribution in [3.05, 3.63) is 71.5 Å². The maximum absolute atomic E-state index is 10.5. The van der Waals surface area contributed by atoms with E-state index in [1.807, 2.05) is 36.4 Å². The summed E-state index contributed by atoms with van der Waals surface area (Å²) in [6.45, 7) is 2.16. The number of para-hydroxylation sites is 2. The number of hydrogen-bond acceptors (Lipinski definition) is 3. The van der Waals surface area contributed by atoms with E-state index < -0.39 is 6.10 Å². The number of aliphatic hydroxyl groups excluding tert-OH is 1. The van der Waals surface area contributed by atoms with Crippen LogP contribution in [-0.2, 0) is 6.42 Å². The minimum atomic E-state index is -0.738. The third-order valence-corrected chi connectivity index (χ3v) is 3.58. The molecule has 0 saturated heterocycles. The number of rotatable bonds is 4. The number of benzene rings is 2. The molecule has 106 valence electrons. The highest BCUT2D eigenvalue weighted by Crippen LogP contribution is 2.22. The Bertz CT molecular complexity index is 738. The highest BCUT2D eigenvalue weighted by Gasteiger charge is 2.13. The summed E-state index contributed by atoms with van der Waals surface area (Å²) in [6, 6.07) is 15.7. The summed E-state index contributed by atoms with van der Waals surface area (Å²) < 4.78 is 0. The Balaban J connectivity index is 1.90. The van der Waals surface area contributed by atoms with Gasteiger partial charge in [-0.15, -0.1) is 0 Å². The van der Waals surface area contributed by atoms with Gasteiger partial charge >= 0.3 is 0 Å². The maximum Gasteiger partial charge on any atom is 0.123 e. The van der Waals surface area contributed by atoms with Gasteiger partial charge in [-0.25, -0.2) is 4.98 Å². The normalized spacial score (nSPS) is 12.5. The van der Waals surface area contributed by atoms with Crippen molar-refractivity contribution in [2.75, 3.05) is 0 Å². The maximum atomic E-state index is 10.5. The van der Waals surface area contributed by atoms with E-state index in [2.05, 4.69) is 29.0 Å². The van der Waals surface area contributed by atoms with Crippen LogP contribution in [0.15, 0.2) is 54.7 Å². The van der Waals surface area contributed by atoms with Gasteiger partial charge in [-0.05, 0) is 29.7 Å². The SMILES string of the molecule is CCCc1ccc(C(O)c2cnc3ccccc3n2)cc1. The lowest BCUT2D eigenvalue weighted by atomic mass is 10.0. The van der Waals surface area contributed by atoms with Crippen molar-refractivity contribution >= 4 is 11.0 Å². The molecule has 3 aromatic rings. The van der Waals surface area contributed by atoms with Crippen molar-refractivity contribution in [3.63, 3.8) is 0 Å².